The van der Waals surface area contributed by atoms with Crippen molar-refractivity contribution in [1.29, 1.82) is 0 Å². The minimum Gasteiger partial charge on any atom is -0.419 e. The molecule has 0 saturated carbocycles. The Morgan fingerprint density at radius 3 is 2.24 bits per heavy atom. The fourth-order valence-corrected chi connectivity index (χ4v) is 2.97. The lowest BCUT2D eigenvalue weighted by Crippen LogP contribution is -2.22. The van der Waals surface area contributed by atoms with Gasteiger partial charge in [-0.15, -0.1) is 10.2 Å². The molecule has 7 nitrogen and oxygen atoms in total. The maximum atomic E-state index is 10.8. The van der Waals surface area contributed by atoms with Gasteiger partial charge >= 0.3 is 0 Å². The van der Waals surface area contributed by atoms with Crippen molar-refractivity contribution in [2.24, 2.45) is 0 Å². The van der Waals surface area contributed by atoms with Gasteiger partial charge in [0.2, 0.25) is 11.8 Å². The normalized spacial score (nSPS) is 12.9. The van der Waals surface area contributed by atoms with Crippen molar-refractivity contribution in [3.8, 4) is 11.5 Å². The van der Waals surface area contributed by atoms with E-state index in [-0.39, 0.29) is 17.1 Å². The lowest BCUT2D eigenvalue weighted by atomic mass is 9.87. The predicted octanol–water partition coefficient (Wildman–Crippen LogP) is 5.14. The van der Waals surface area contributed by atoms with Gasteiger partial charge in [-0.2, -0.15) is 0 Å². The SMILES string of the molecule is C[C@@H](c1nnc(-c2ccc([N+](=O)[O-])cc2)o1)N(C)Cc1ccc(C(C)(C)C)cc1. The molecule has 29 heavy (non-hydrogen) atoms. The van der Waals surface area contributed by atoms with Crippen LogP contribution in [0.3, 0.4) is 0 Å². The van der Waals surface area contributed by atoms with E-state index in [9.17, 15) is 10.1 Å². The third-order valence-corrected chi connectivity index (χ3v) is 5.04. The molecular weight excluding hydrogens is 368 g/mol. The lowest BCUT2D eigenvalue weighted by Gasteiger charge is -2.23. The summed E-state index contributed by atoms with van der Waals surface area (Å²) in [6.45, 7) is 9.37. The zero-order valence-electron chi connectivity index (χ0n) is 17.4. The molecule has 0 radical (unpaired) electrons. The zero-order chi connectivity index (χ0) is 21.2. The van der Waals surface area contributed by atoms with E-state index >= 15 is 0 Å². The Bertz CT molecular complexity index is 973. The molecule has 3 aromatic rings. The average molecular weight is 394 g/mol. The largest absolute Gasteiger partial charge is 0.419 e. The fraction of sp³-hybridized carbons (Fsp3) is 0.364. The van der Waals surface area contributed by atoms with Crippen LogP contribution in [-0.2, 0) is 12.0 Å². The Morgan fingerprint density at radius 1 is 1.07 bits per heavy atom. The van der Waals surface area contributed by atoms with Gasteiger partial charge in [-0.1, -0.05) is 45.0 Å². The van der Waals surface area contributed by atoms with E-state index in [1.165, 1.54) is 23.3 Å². The number of nitro benzene ring substituents is 1. The molecular formula is C22H26N4O3. The minimum atomic E-state index is -0.436. The summed E-state index contributed by atoms with van der Waals surface area (Å²) in [5, 5.41) is 19.0. The molecule has 2 aromatic carbocycles. The number of non-ortho nitro benzene ring substituents is 1. The highest BCUT2D eigenvalue weighted by Gasteiger charge is 2.20. The molecule has 7 heteroatoms. The summed E-state index contributed by atoms with van der Waals surface area (Å²) in [6.07, 6.45) is 0. The summed E-state index contributed by atoms with van der Waals surface area (Å²) in [7, 11) is 2.01. The number of benzene rings is 2. The Morgan fingerprint density at radius 2 is 1.69 bits per heavy atom. The van der Waals surface area contributed by atoms with Gasteiger partial charge in [0, 0.05) is 24.2 Å². The molecule has 0 aliphatic carbocycles. The number of nitro groups is 1. The molecule has 1 heterocycles. The molecule has 0 saturated heterocycles. The molecule has 0 N–H and O–H groups in total. The highest BCUT2D eigenvalue weighted by Crippen LogP contribution is 2.26. The van der Waals surface area contributed by atoms with Crippen LogP contribution >= 0.6 is 0 Å². The van der Waals surface area contributed by atoms with Crippen LogP contribution < -0.4 is 0 Å². The number of nitrogens with zero attached hydrogens (tertiary/aromatic N) is 4. The monoisotopic (exact) mass is 394 g/mol. The third-order valence-electron chi connectivity index (χ3n) is 5.04. The van der Waals surface area contributed by atoms with Crippen molar-refractivity contribution in [3.63, 3.8) is 0 Å². The van der Waals surface area contributed by atoms with Crippen LogP contribution in [0.1, 0.15) is 50.8 Å². The van der Waals surface area contributed by atoms with Crippen LogP contribution in [0.4, 0.5) is 5.69 Å². The Kier molecular flexibility index (Phi) is 5.79. The van der Waals surface area contributed by atoms with Crippen LogP contribution in [0.5, 0.6) is 0 Å². The maximum Gasteiger partial charge on any atom is 0.269 e. The van der Waals surface area contributed by atoms with Gasteiger partial charge in [0.25, 0.3) is 5.69 Å². The fourth-order valence-electron chi connectivity index (χ4n) is 2.97. The first-order valence-corrected chi connectivity index (χ1v) is 9.53. The molecule has 0 fully saturated rings. The summed E-state index contributed by atoms with van der Waals surface area (Å²) in [5.41, 5.74) is 3.33. The lowest BCUT2D eigenvalue weighted by molar-refractivity contribution is -0.384. The molecule has 3 rings (SSSR count). The summed E-state index contributed by atoms with van der Waals surface area (Å²) in [4.78, 5) is 12.5. The number of hydrogen-bond donors (Lipinski definition) is 0. The minimum absolute atomic E-state index is 0.0269. The molecule has 0 amide bonds. The number of aromatic nitrogens is 2. The molecule has 1 atom stereocenters. The maximum absolute atomic E-state index is 10.8. The molecule has 1 aromatic heterocycles. The highest BCUT2D eigenvalue weighted by molar-refractivity contribution is 5.55. The van der Waals surface area contributed by atoms with Gasteiger partial charge in [-0.05, 0) is 42.6 Å². The van der Waals surface area contributed by atoms with Gasteiger partial charge in [0.05, 0.1) is 11.0 Å². The van der Waals surface area contributed by atoms with E-state index < -0.39 is 4.92 Å². The summed E-state index contributed by atoms with van der Waals surface area (Å²) in [6, 6.07) is 14.7. The van der Waals surface area contributed by atoms with E-state index in [0.29, 0.717) is 17.3 Å². The second kappa shape index (κ2) is 8.13. The first-order chi connectivity index (χ1) is 13.6. The number of hydrogen-bond acceptors (Lipinski definition) is 6. The van der Waals surface area contributed by atoms with Gasteiger partial charge in [0.1, 0.15) is 0 Å². The Balaban J connectivity index is 1.68. The zero-order valence-corrected chi connectivity index (χ0v) is 17.4. The third kappa shape index (κ3) is 4.86. The number of rotatable bonds is 6. The first kappa shape index (κ1) is 20.7. The predicted molar refractivity (Wildman–Crippen MR) is 111 cm³/mol. The highest BCUT2D eigenvalue weighted by atomic mass is 16.6. The van der Waals surface area contributed by atoms with Crippen LogP contribution in [-0.4, -0.2) is 27.1 Å². The second-order valence-electron chi connectivity index (χ2n) is 8.29. The summed E-state index contributed by atoms with van der Waals surface area (Å²) in [5.74, 6) is 0.858. The average Bonchev–Trinajstić information content (AvgIpc) is 3.17. The molecule has 0 unspecified atom stereocenters. The van der Waals surface area contributed by atoms with Crippen molar-refractivity contribution in [2.45, 2.75) is 45.7 Å². The molecule has 0 aliphatic heterocycles. The van der Waals surface area contributed by atoms with E-state index in [1.807, 2.05) is 14.0 Å². The summed E-state index contributed by atoms with van der Waals surface area (Å²) < 4.78 is 5.82. The van der Waals surface area contributed by atoms with E-state index in [0.717, 1.165) is 6.54 Å². The quantitative estimate of drug-likeness (QED) is 0.425. The summed E-state index contributed by atoms with van der Waals surface area (Å²) >= 11 is 0. The molecule has 0 spiro atoms. The van der Waals surface area contributed by atoms with E-state index in [1.54, 1.807) is 12.1 Å². The van der Waals surface area contributed by atoms with E-state index in [2.05, 4.69) is 60.1 Å². The van der Waals surface area contributed by atoms with Gasteiger partial charge in [0.15, 0.2) is 0 Å². The Hall–Kier alpha value is -3.06. The van der Waals surface area contributed by atoms with Crippen LogP contribution in [0.15, 0.2) is 52.9 Å². The van der Waals surface area contributed by atoms with Crippen LogP contribution in [0, 0.1) is 10.1 Å². The van der Waals surface area contributed by atoms with Crippen molar-refractivity contribution >= 4 is 5.69 Å². The van der Waals surface area contributed by atoms with Crippen molar-refractivity contribution in [3.05, 3.63) is 75.7 Å². The molecule has 152 valence electrons. The molecule has 0 bridgehead atoms. The Labute approximate surface area is 170 Å². The smallest absolute Gasteiger partial charge is 0.269 e. The van der Waals surface area contributed by atoms with Gasteiger partial charge < -0.3 is 4.42 Å². The van der Waals surface area contributed by atoms with Crippen molar-refractivity contribution in [1.82, 2.24) is 15.1 Å². The van der Waals surface area contributed by atoms with Gasteiger partial charge in [-0.3, -0.25) is 15.0 Å². The second-order valence-corrected chi connectivity index (χ2v) is 8.29. The standard InChI is InChI=1S/C22H26N4O3/c1-15(25(5)14-16-6-10-18(11-7-16)22(2,3)4)20-23-24-21(29-20)17-8-12-19(13-9-17)26(27)28/h6-13,15H,14H2,1-5H3/t15-/m0/s1. The first-order valence-electron chi connectivity index (χ1n) is 9.53. The molecule has 0 aliphatic rings. The van der Waals surface area contributed by atoms with Crippen LogP contribution in [0.2, 0.25) is 0 Å². The van der Waals surface area contributed by atoms with Crippen molar-refractivity contribution in [2.75, 3.05) is 7.05 Å². The van der Waals surface area contributed by atoms with Gasteiger partial charge in [-0.25, -0.2) is 0 Å². The van der Waals surface area contributed by atoms with Crippen molar-refractivity contribution < 1.29 is 9.34 Å². The topological polar surface area (TPSA) is 85.3 Å². The van der Waals surface area contributed by atoms with Crippen LogP contribution in [0.25, 0.3) is 11.5 Å². The van der Waals surface area contributed by atoms with E-state index in [4.69, 9.17) is 4.42 Å².